The largest absolute Gasteiger partial charge is 0.560 e. The molecule has 38 nitrogen and oxygen atoms in total. The highest BCUT2D eigenvalue weighted by molar-refractivity contribution is 6.02. The van der Waals surface area contributed by atoms with Gasteiger partial charge in [-0.2, -0.15) is 4.79 Å². The standard InChI is InChI=1S/C23H47NO13.C19H38O11.C9H8N2O7.C4H11NO3/c1-29-2-3-30-4-5-31-6-7-32-8-9-33-10-11-34-12-13-35-14-15-36-16-17-37-18-22(28)24-23(19-25,20-26)21-27;1-22-2-3-23-4-5-24-6-7-25-8-9-26-10-11-27-12-13-28-14-15-29-16-17-30-18-19(20)21;12-5-1-2-6(13)10(5)17-9(16)18-11-7(14)3-4-8(11)15;5-4(1-6,2-7)3-8/h25-27H,2-21H2,1H3,(H,24,28);2-18H2,1H3,(H,20,21);1-4H2;6-8H,1-3,5H2. The van der Waals surface area contributed by atoms with Crippen LogP contribution in [0.25, 0.3) is 0 Å². The van der Waals surface area contributed by atoms with Crippen LogP contribution >= 0.6 is 0 Å². The number of amides is 5. The summed E-state index contributed by atoms with van der Waals surface area (Å²) in [5.74, 6) is -4.29. The van der Waals surface area contributed by atoms with Gasteiger partial charge < -0.3 is 132 Å². The van der Waals surface area contributed by atoms with E-state index in [2.05, 4.69) is 15.0 Å². The zero-order chi connectivity index (χ0) is 69.2. The lowest BCUT2D eigenvalue weighted by Gasteiger charge is -2.28. The number of nitrogens with two attached hydrogens (primary N) is 1. The maximum absolute atomic E-state index is 11.7. The second-order valence-electron chi connectivity index (χ2n) is 18.8. The average Bonchev–Trinajstić information content (AvgIpc) is 2.30. The van der Waals surface area contributed by atoms with Crippen LogP contribution in [-0.2, 0) is 124 Å². The molecule has 0 unspecified atom stereocenters. The van der Waals surface area contributed by atoms with Crippen molar-refractivity contribution < 1.29 is 164 Å². The summed E-state index contributed by atoms with van der Waals surface area (Å²) in [7, 11) is 3.27. The predicted molar refractivity (Wildman–Crippen MR) is 315 cm³/mol. The van der Waals surface area contributed by atoms with Gasteiger partial charge in [-0.25, -0.2) is 4.79 Å². The molecular weight excluding hydrogens is 1260 g/mol. The van der Waals surface area contributed by atoms with E-state index >= 15 is 0 Å². The first kappa shape index (κ1) is 90.5. The molecule has 0 aromatic rings. The Morgan fingerprint density at radius 3 is 0.742 bits per heavy atom. The van der Waals surface area contributed by atoms with Gasteiger partial charge in [0.05, 0.1) is 257 Å². The molecule has 10 N–H and O–H groups in total. The first-order valence-corrected chi connectivity index (χ1v) is 29.9. The average molecular weight is 1370 g/mol. The Morgan fingerprint density at radius 2 is 0.559 bits per heavy atom. The molecule has 0 spiro atoms. The Labute approximate surface area is 541 Å². The monoisotopic (exact) mass is 1360 g/mol. The highest BCUT2D eigenvalue weighted by Crippen LogP contribution is 2.16. The fourth-order valence-corrected chi connectivity index (χ4v) is 5.92. The molecule has 0 aromatic carbocycles. The van der Waals surface area contributed by atoms with Gasteiger partial charge >= 0.3 is 12.1 Å². The minimum Gasteiger partial charge on any atom is -0.480 e. The summed E-state index contributed by atoms with van der Waals surface area (Å²) in [5.41, 5.74) is 2.48. The van der Waals surface area contributed by atoms with E-state index in [1.165, 1.54) is 0 Å². The first-order chi connectivity index (χ1) is 45.1. The summed E-state index contributed by atoms with van der Waals surface area (Å²) in [6.45, 7) is 11.4. The number of aliphatic carboxylic acids is 1. The molecule has 2 heterocycles. The molecule has 548 valence electrons. The van der Waals surface area contributed by atoms with E-state index in [4.69, 9.17) is 127 Å². The molecule has 2 fully saturated rings. The highest BCUT2D eigenvalue weighted by Gasteiger charge is 2.38. The molecule has 0 bridgehead atoms. The van der Waals surface area contributed by atoms with Gasteiger partial charge in [0.25, 0.3) is 23.6 Å². The summed E-state index contributed by atoms with van der Waals surface area (Å²) < 4.78 is 94.6. The SMILES string of the molecule is COCCOCCOCCOCCOCCOCCOCCOCCOCC(=O)NC(CO)(CO)CO.COCCOCCOCCOCCOCCOCCOCCOCCOCC(=O)O.NC(CO)(CO)CO.O=C(ON1C(=O)CCC1=O)ON1C(=O)CCC1=O. The fraction of sp³-hybridized carbons (Fsp3) is 0.873. The van der Waals surface area contributed by atoms with Crippen LogP contribution in [0.4, 0.5) is 4.79 Å². The predicted octanol–water partition coefficient (Wildman–Crippen LogP) is -5.62. The number of ether oxygens (including phenoxy) is 18. The lowest BCUT2D eigenvalue weighted by atomic mass is 10.0. The number of methoxy groups -OCH3 is 2. The molecule has 93 heavy (non-hydrogen) atoms. The van der Waals surface area contributed by atoms with E-state index in [1.807, 2.05) is 0 Å². The number of rotatable bonds is 61. The maximum atomic E-state index is 11.7. The number of aliphatic hydroxyl groups is 6. The second kappa shape index (κ2) is 66.1. The van der Waals surface area contributed by atoms with Gasteiger partial charge in [-0.05, 0) is 0 Å². The number of nitrogens with zero attached hydrogens (tertiary/aromatic N) is 2. The summed E-state index contributed by atoms with van der Waals surface area (Å²) in [4.78, 5) is 86.2. The molecule has 38 heteroatoms. The Morgan fingerprint density at radius 1 is 0.355 bits per heavy atom. The van der Waals surface area contributed by atoms with E-state index < -0.39 is 92.4 Å². The molecule has 2 aliphatic rings. The van der Waals surface area contributed by atoms with E-state index in [9.17, 15) is 33.6 Å². The Kier molecular flexibility index (Phi) is 64.4. The lowest BCUT2D eigenvalue weighted by Crippen LogP contribution is -2.57. The molecule has 0 aromatic heterocycles. The number of hydrogen-bond donors (Lipinski definition) is 9. The van der Waals surface area contributed by atoms with Crippen LogP contribution in [-0.4, -0.2) is 377 Å². The van der Waals surface area contributed by atoms with Gasteiger partial charge in [-0.3, -0.25) is 33.6 Å². The van der Waals surface area contributed by atoms with Crippen LogP contribution in [0, 0.1) is 0 Å². The number of aliphatic hydroxyl groups excluding tert-OH is 6. The summed E-state index contributed by atoms with van der Waals surface area (Å²) in [5, 5.41) is 63.7. The van der Waals surface area contributed by atoms with Crippen molar-refractivity contribution in [2.75, 3.05) is 278 Å². The summed E-state index contributed by atoms with van der Waals surface area (Å²) in [6.07, 6.45) is -1.73. The summed E-state index contributed by atoms with van der Waals surface area (Å²) in [6, 6.07) is 0. The maximum Gasteiger partial charge on any atom is 0.560 e. The molecule has 2 rings (SSSR count). The number of nitrogens with one attached hydrogen (secondary N) is 1. The van der Waals surface area contributed by atoms with Crippen molar-refractivity contribution in [2.24, 2.45) is 5.73 Å². The molecule has 0 radical (unpaired) electrons. The Balaban J connectivity index is 0. The van der Waals surface area contributed by atoms with E-state index in [1.54, 1.807) is 14.2 Å². The molecule has 5 amide bonds. The van der Waals surface area contributed by atoms with Crippen molar-refractivity contribution in [3.05, 3.63) is 0 Å². The second-order valence-corrected chi connectivity index (χ2v) is 18.8. The number of carboxylic acids is 1. The van der Waals surface area contributed by atoms with Crippen LogP contribution < -0.4 is 11.1 Å². The van der Waals surface area contributed by atoms with Crippen molar-refractivity contribution in [3.63, 3.8) is 0 Å². The smallest absolute Gasteiger partial charge is 0.480 e. The fourth-order valence-electron chi connectivity index (χ4n) is 5.92. The van der Waals surface area contributed by atoms with Crippen molar-refractivity contribution >= 4 is 41.7 Å². The lowest BCUT2D eigenvalue weighted by molar-refractivity contribution is -0.198. The van der Waals surface area contributed by atoms with Crippen LogP contribution in [0.15, 0.2) is 0 Å². The van der Waals surface area contributed by atoms with Crippen molar-refractivity contribution in [1.82, 2.24) is 15.4 Å². The van der Waals surface area contributed by atoms with Crippen LogP contribution in [0.1, 0.15) is 25.7 Å². The van der Waals surface area contributed by atoms with Crippen molar-refractivity contribution in [1.29, 1.82) is 0 Å². The molecule has 2 aliphatic heterocycles. The number of hydroxylamine groups is 4. The van der Waals surface area contributed by atoms with Crippen LogP contribution in [0.3, 0.4) is 0 Å². The molecule has 0 atom stereocenters. The Bertz CT molecular complexity index is 1720. The number of imide groups is 2. The normalized spacial score (nSPS) is 13.2. The van der Waals surface area contributed by atoms with E-state index in [0.717, 1.165) is 0 Å². The number of carboxylic acid groups (broad SMARTS) is 1. The number of carbonyl (C=O) groups excluding carboxylic acids is 6. The number of hydrogen-bond acceptors (Lipinski definition) is 34. The first-order valence-electron chi connectivity index (χ1n) is 29.9. The quantitative estimate of drug-likeness (QED) is 0.0202. The minimum absolute atomic E-state index is 0.0618. The van der Waals surface area contributed by atoms with Crippen molar-refractivity contribution in [3.8, 4) is 0 Å². The molecule has 0 saturated carbocycles. The van der Waals surface area contributed by atoms with Gasteiger partial charge in [0, 0.05) is 39.9 Å². The van der Waals surface area contributed by atoms with Gasteiger partial charge in [-0.1, -0.05) is 10.1 Å². The van der Waals surface area contributed by atoms with Crippen LogP contribution in [0.5, 0.6) is 0 Å². The summed E-state index contributed by atoms with van der Waals surface area (Å²) >= 11 is 0. The topological polar surface area (TPSA) is 490 Å². The third-order valence-electron chi connectivity index (χ3n) is 11.1. The molecule has 0 aliphatic carbocycles. The third kappa shape index (κ3) is 56.4. The van der Waals surface area contributed by atoms with E-state index in [-0.39, 0.29) is 68.8 Å². The highest BCUT2D eigenvalue weighted by atomic mass is 16.9. The zero-order valence-electron chi connectivity index (χ0n) is 53.7. The van der Waals surface area contributed by atoms with Gasteiger partial charge in [-0.15, -0.1) is 0 Å². The van der Waals surface area contributed by atoms with Gasteiger partial charge in [0.2, 0.25) is 5.91 Å². The van der Waals surface area contributed by atoms with Crippen LogP contribution in [0.2, 0.25) is 0 Å². The third-order valence-corrected chi connectivity index (χ3v) is 11.1. The molecule has 2 saturated heterocycles. The Hall–Kier alpha value is -4.51. The minimum atomic E-state index is -1.48. The zero-order valence-corrected chi connectivity index (χ0v) is 53.7. The van der Waals surface area contributed by atoms with Crippen molar-refractivity contribution in [2.45, 2.75) is 36.8 Å². The number of carbonyl (C=O) groups is 7. The van der Waals surface area contributed by atoms with E-state index in [0.29, 0.717) is 192 Å². The molecular formula is C55H104N4O34. The van der Waals surface area contributed by atoms with Gasteiger partial charge in [0.15, 0.2) is 0 Å². The van der Waals surface area contributed by atoms with Gasteiger partial charge in [0.1, 0.15) is 18.8 Å².